The lowest BCUT2D eigenvalue weighted by atomic mass is 10.1. The third-order valence-electron chi connectivity index (χ3n) is 2.97. The van der Waals surface area contributed by atoms with Gasteiger partial charge in [-0.15, -0.1) is 0 Å². The fourth-order valence-electron chi connectivity index (χ4n) is 1.82. The lowest BCUT2D eigenvalue weighted by Crippen LogP contribution is -2.14. The summed E-state index contributed by atoms with van der Waals surface area (Å²) >= 11 is 3.42. The van der Waals surface area contributed by atoms with Gasteiger partial charge in [-0.05, 0) is 49.2 Å². The SMILES string of the molecule is Cc1ccc(N)c(NC(=O)c2cccc(Br)c2C)c1. The Balaban J connectivity index is 2.31. The quantitative estimate of drug-likeness (QED) is 0.825. The average molecular weight is 319 g/mol. The van der Waals surface area contributed by atoms with Gasteiger partial charge in [0.15, 0.2) is 0 Å². The van der Waals surface area contributed by atoms with E-state index in [0.717, 1.165) is 15.6 Å². The molecule has 0 aromatic heterocycles. The molecule has 4 heteroatoms. The van der Waals surface area contributed by atoms with E-state index >= 15 is 0 Å². The molecule has 0 saturated carbocycles. The van der Waals surface area contributed by atoms with Gasteiger partial charge >= 0.3 is 0 Å². The Morgan fingerprint density at radius 1 is 1.21 bits per heavy atom. The lowest BCUT2D eigenvalue weighted by molar-refractivity contribution is 0.102. The van der Waals surface area contributed by atoms with Gasteiger partial charge in [0.2, 0.25) is 0 Å². The molecule has 2 aromatic rings. The van der Waals surface area contributed by atoms with Crippen LogP contribution >= 0.6 is 15.9 Å². The maximum atomic E-state index is 12.3. The zero-order valence-electron chi connectivity index (χ0n) is 10.8. The largest absolute Gasteiger partial charge is 0.397 e. The number of halogens is 1. The van der Waals surface area contributed by atoms with E-state index in [9.17, 15) is 4.79 Å². The van der Waals surface area contributed by atoms with Crippen molar-refractivity contribution in [3.8, 4) is 0 Å². The smallest absolute Gasteiger partial charge is 0.256 e. The van der Waals surface area contributed by atoms with Crippen molar-refractivity contribution in [1.82, 2.24) is 0 Å². The van der Waals surface area contributed by atoms with Gasteiger partial charge in [-0.1, -0.05) is 28.1 Å². The van der Waals surface area contributed by atoms with Crippen molar-refractivity contribution >= 4 is 33.2 Å². The molecule has 0 fully saturated rings. The fraction of sp³-hybridized carbons (Fsp3) is 0.133. The third-order valence-corrected chi connectivity index (χ3v) is 3.83. The summed E-state index contributed by atoms with van der Waals surface area (Å²) in [4.78, 5) is 12.3. The number of carbonyl (C=O) groups is 1. The van der Waals surface area contributed by atoms with Gasteiger partial charge in [0.1, 0.15) is 0 Å². The van der Waals surface area contributed by atoms with Gasteiger partial charge in [-0.2, -0.15) is 0 Å². The van der Waals surface area contributed by atoms with E-state index < -0.39 is 0 Å². The highest BCUT2D eigenvalue weighted by Gasteiger charge is 2.12. The van der Waals surface area contributed by atoms with Crippen molar-refractivity contribution < 1.29 is 4.79 Å². The molecule has 0 atom stereocenters. The number of nitrogen functional groups attached to an aromatic ring is 1. The zero-order valence-corrected chi connectivity index (χ0v) is 12.4. The average Bonchev–Trinajstić information content (AvgIpc) is 2.37. The van der Waals surface area contributed by atoms with Crippen molar-refractivity contribution in [3.05, 3.63) is 57.6 Å². The summed E-state index contributed by atoms with van der Waals surface area (Å²) in [5.41, 5.74) is 9.66. The van der Waals surface area contributed by atoms with E-state index in [1.54, 1.807) is 12.1 Å². The van der Waals surface area contributed by atoms with E-state index in [1.807, 2.05) is 38.1 Å². The normalized spacial score (nSPS) is 10.3. The maximum absolute atomic E-state index is 12.3. The number of hydrogen-bond acceptors (Lipinski definition) is 2. The van der Waals surface area contributed by atoms with Crippen LogP contribution in [0.15, 0.2) is 40.9 Å². The van der Waals surface area contributed by atoms with Crippen LogP contribution in [0.2, 0.25) is 0 Å². The highest BCUT2D eigenvalue weighted by Crippen LogP contribution is 2.23. The molecular formula is C15H15BrN2O. The Hall–Kier alpha value is -1.81. The van der Waals surface area contributed by atoms with Crippen LogP contribution in [0.4, 0.5) is 11.4 Å². The van der Waals surface area contributed by atoms with Crippen molar-refractivity contribution in [2.45, 2.75) is 13.8 Å². The van der Waals surface area contributed by atoms with Crippen LogP contribution in [0.1, 0.15) is 21.5 Å². The molecule has 0 spiro atoms. The molecule has 0 heterocycles. The molecule has 19 heavy (non-hydrogen) atoms. The highest BCUT2D eigenvalue weighted by molar-refractivity contribution is 9.10. The van der Waals surface area contributed by atoms with E-state index in [1.165, 1.54) is 0 Å². The summed E-state index contributed by atoms with van der Waals surface area (Å²) < 4.78 is 0.914. The summed E-state index contributed by atoms with van der Waals surface area (Å²) in [6.45, 7) is 3.86. The van der Waals surface area contributed by atoms with Crippen LogP contribution in [-0.2, 0) is 0 Å². The molecule has 2 aromatic carbocycles. The van der Waals surface area contributed by atoms with Gasteiger partial charge in [-0.25, -0.2) is 0 Å². The van der Waals surface area contributed by atoms with Crippen LogP contribution in [0.3, 0.4) is 0 Å². The standard InChI is InChI=1S/C15H15BrN2O/c1-9-6-7-13(17)14(8-9)18-15(19)11-4-3-5-12(16)10(11)2/h3-8H,17H2,1-2H3,(H,18,19). The molecule has 0 saturated heterocycles. The number of nitrogens with one attached hydrogen (secondary N) is 1. The first-order valence-electron chi connectivity index (χ1n) is 5.91. The zero-order chi connectivity index (χ0) is 14.0. The Kier molecular flexibility index (Phi) is 3.90. The Labute approximate surface area is 121 Å². The maximum Gasteiger partial charge on any atom is 0.256 e. The van der Waals surface area contributed by atoms with Gasteiger partial charge in [0, 0.05) is 10.0 Å². The third kappa shape index (κ3) is 2.96. The van der Waals surface area contributed by atoms with Crippen molar-refractivity contribution in [1.29, 1.82) is 0 Å². The molecule has 0 unspecified atom stereocenters. The summed E-state index contributed by atoms with van der Waals surface area (Å²) in [7, 11) is 0. The van der Waals surface area contributed by atoms with Crippen molar-refractivity contribution in [2.24, 2.45) is 0 Å². The Bertz CT molecular complexity index is 638. The lowest BCUT2D eigenvalue weighted by Gasteiger charge is -2.11. The number of rotatable bonds is 2. The molecule has 2 rings (SSSR count). The topological polar surface area (TPSA) is 55.1 Å². The number of hydrogen-bond donors (Lipinski definition) is 2. The molecule has 98 valence electrons. The Morgan fingerprint density at radius 3 is 2.68 bits per heavy atom. The summed E-state index contributed by atoms with van der Waals surface area (Å²) in [5, 5.41) is 2.85. The highest BCUT2D eigenvalue weighted by atomic mass is 79.9. The predicted molar refractivity (Wildman–Crippen MR) is 82.4 cm³/mol. The summed E-state index contributed by atoms with van der Waals surface area (Å²) in [5.74, 6) is -0.156. The molecule has 3 nitrogen and oxygen atoms in total. The number of aryl methyl sites for hydroxylation is 1. The van der Waals surface area contributed by atoms with E-state index in [4.69, 9.17) is 5.73 Å². The second kappa shape index (κ2) is 5.45. The van der Waals surface area contributed by atoms with Crippen LogP contribution in [0, 0.1) is 13.8 Å². The molecule has 0 bridgehead atoms. The number of anilines is 2. The van der Waals surface area contributed by atoms with Gasteiger partial charge in [0.05, 0.1) is 11.4 Å². The number of carbonyl (C=O) groups excluding carboxylic acids is 1. The van der Waals surface area contributed by atoms with Gasteiger partial charge < -0.3 is 11.1 Å². The summed E-state index contributed by atoms with van der Waals surface area (Å²) in [6.07, 6.45) is 0. The first-order valence-corrected chi connectivity index (χ1v) is 6.71. The predicted octanol–water partition coefficient (Wildman–Crippen LogP) is 3.90. The molecule has 0 radical (unpaired) electrons. The minimum atomic E-state index is -0.156. The number of benzene rings is 2. The molecule has 0 aliphatic rings. The van der Waals surface area contributed by atoms with Crippen LogP contribution in [-0.4, -0.2) is 5.91 Å². The van der Waals surface area contributed by atoms with E-state index in [0.29, 0.717) is 16.9 Å². The molecule has 0 aliphatic heterocycles. The molecule has 0 aliphatic carbocycles. The van der Waals surface area contributed by atoms with Crippen LogP contribution in [0.5, 0.6) is 0 Å². The van der Waals surface area contributed by atoms with E-state index in [-0.39, 0.29) is 5.91 Å². The molecule has 1 amide bonds. The van der Waals surface area contributed by atoms with Crippen LogP contribution in [0.25, 0.3) is 0 Å². The monoisotopic (exact) mass is 318 g/mol. The van der Waals surface area contributed by atoms with Gasteiger partial charge in [-0.3, -0.25) is 4.79 Å². The first kappa shape index (κ1) is 13.6. The fourth-order valence-corrected chi connectivity index (χ4v) is 2.19. The first-order chi connectivity index (χ1) is 8.99. The number of nitrogens with two attached hydrogens (primary N) is 1. The van der Waals surface area contributed by atoms with E-state index in [2.05, 4.69) is 21.2 Å². The number of amides is 1. The molecular weight excluding hydrogens is 304 g/mol. The van der Waals surface area contributed by atoms with Crippen LogP contribution < -0.4 is 11.1 Å². The second-order valence-electron chi connectivity index (χ2n) is 4.46. The van der Waals surface area contributed by atoms with Gasteiger partial charge in [0.25, 0.3) is 5.91 Å². The Morgan fingerprint density at radius 2 is 1.95 bits per heavy atom. The minimum absolute atomic E-state index is 0.156. The van der Waals surface area contributed by atoms with Crippen molar-refractivity contribution in [3.63, 3.8) is 0 Å². The summed E-state index contributed by atoms with van der Waals surface area (Å²) in [6, 6.07) is 11.1. The van der Waals surface area contributed by atoms with Crippen molar-refractivity contribution in [2.75, 3.05) is 11.1 Å². The minimum Gasteiger partial charge on any atom is -0.397 e. The molecule has 3 N–H and O–H groups in total. The second-order valence-corrected chi connectivity index (χ2v) is 5.31.